The van der Waals surface area contributed by atoms with Crippen molar-refractivity contribution < 1.29 is 0 Å². The van der Waals surface area contributed by atoms with Crippen LogP contribution in [0.3, 0.4) is 0 Å². The van der Waals surface area contributed by atoms with Crippen LogP contribution in [-0.4, -0.2) is 13.7 Å². The minimum atomic E-state index is -0.00810. The van der Waals surface area contributed by atoms with Crippen LogP contribution in [0.5, 0.6) is 0 Å². The third kappa shape index (κ3) is 5.88. The van der Waals surface area contributed by atoms with Gasteiger partial charge in [0.1, 0.15) is 13.1 Å². The number of aromatic nitrogens is 3. The molecule has 0 unspecified atom stereocenters. The van der Waals surface area contributed by atoms with Gasteiger partial charge in [-0.2, -0.15) is 9.69 Å². The first-order chi connectivity index (χ1) is 31.0. The van der Waals surface area contributed by atoms with Crippen LogP contribution in [0, 0.1) is 49.0 Å². The minimum Gasteiger partial charge on any atom is -0.308 e. The number of hydrogen-bond donors (Lipinski definition) is 0. The van der Waals surface area contributed by atoms with Gasteiger partial charge in [-0.3, -0.25) is 0 Å². The lowest BCUT2D eigenvalue weighted by atomic mass is 10.0. The number of para-hydroxylation sites is 3. The third-order valence-corrected chi connectivity index (χ3v) is 11.4. The lowest BCUT2D eigenvalue weighted by Gasteiger charge is -2.14. The van der Waals surface area contributed by atoms with Crippen molar-refractivity contribution in [3.63, 3.8) is 0 Å². The predicted octanol–water partition coefficient (Wildman–Crippen LogP) is 13.7. The van der Waals surface area contributed by atoms with E-state index in [1.54, 1.807) is 18.2 Å². The van der Waals surface area contributed by atoms with E-state index in [0.29, 0.717) is 0 Å². The molecular formula is C54H27N9. The second-order valence-corrected chi connectivity index (χ2v) is 14.7. The van der Waals surface area contributed by atoms with Crippen LogP contribution in [0.1, 0.15) is 16.7 Å². The minimum absolute atomic E-state index is 0.00701. The summed E-state index contributed by atoms with van der Waals surface area (Å²) in [6.45, 7) is 29.7. The van der Waals surface area contributed by atoms with Crippen molar-refractivity contribution in [1.82, 2.24) is 13.7 Å². The van der Waals surface area contributed by atoms with Crippen molar-refractivity contribution >= 4 is 83.6 Å². The van der Waals surface area contributed by atoms with Crippen LogP contribution in [0.2, 0.25) is 0 Å². The van der Waals surface area contributed by atoms with E-state index in [2.05, 4.69) is 87.7 Å². The molecule has 7 aromatic carbocycles. The first-order valence-corrected chi connectivity index (χ1v) is 19.7. The van der Waals surface area contributed by atoms with Gasteiger partial charge >= 0.3 is 5.82 Å². The highest BCUT2D eigenvalue weighted by molar-refractivity contribution is 6.40. The smallest absolute Gasteiger partial charge is 0.308 e. The van der Waals surface area contributed by atoms with Crippen LogP contribution in [-0.2, 0) is 0 Å². The first kappa shape index (κ1) is 37.4. The Morgan fingerprint density at radius 1 is 0.397 bits per heavy atom. The maximum absolute atomic E-state index is 9.49. The average Bonchev–Trinajstić information content (AvgIpc) is 3.98. The van der Waals surface area contributed by atoms with Crippen LogP contribution >= 0.6 is 0 Å². The van der Waals surface area contributed by atoms with Crippen molar-refractivity contribution in [3.8, 4) is 29.2 Å². The molecule has 10 aromatic rings. The van der Waals surface area contributed by atoms with Crippen LogP contribution in [0.25, 0.3) is 120 Å². The molecule has 0 fully saturated rings. The fourth-order valence-electron chi connectivity index (χ4n) is 8.85. The van der Waals surface area contributed by atoms with E-state index >= 15 is 0 Å². The zero-order valence-corrected chi connectivity index (χ0v) is 33.1. The number of fused-ring (bicyclic) bond motifs is 12. The monoisotopic (exact) mass is 801 g/mol. The second-order valence-electron chi connectivity index (χ2n) is 14.7. The molecule has 9 nitrogen and oxygen atoms in total. The zero-order chi connectivity index (χ0) is 43.2. The maximum Gasteiger partial charge on any atom is 0.519 e. The molecule has 9 heteroatoms. The summed E-state index contributed by atoms with van der Waals surface area (Å²) in [5.74, 6) is -0.00810. The summed E-state index contributed by atoms with van der Waals surface area (Å²) >= 11 is 0. The van der Waals surface area contributed by atoms with E-state index in [4.69, 9.17) is 26.3 Å². The van der Waals surface area contributed by atoms with Gasteiger partial charge in [-0.25, -0.2) is 20.2 Å². The normalized spacial score (nSPS) is 11.6. The van der Waals surface area contributed by atoms with E-state index in [-0.39, 0.29) is 17.2 Å². The van der Waals surface area contributed by atoms with Gasteiger partial charge in [0.25, 0.3) is 11.4 Å². The Labute approximate surface area is 360 Å². The molecule has 63 heavy (non-hydrogen) atoms. The quantitative estimate of drug-likeness (QED) is 0.124. The molecule has 0 atom stereocenters. The molecule has 0 aliphatic rings. The SMILES string of the molecule is [C-]#[N+]C(C#N)=Cc1ccc(-n2c3ccccc3c3c2c2c4ccccc4n(-c4ccc(C=C([N+]#[C-])[N+]#[C-])cc4)c2c2c4ccccc4n(-c4ccc(C=C(C#N)[N+]#[C-])cc4)c32)cc1. The van der Waals surface area contributed by atoms with E-state index in [0.717, 1.165) is 99.2 Å². The van der Waals surface area contributed by atoms with Gasteiger partial charge in [0.15, 0.2) is 0 Å². The Bertz CT molecular complexity index is 3450. The third-order valence-electron chi connectivity index (χ3n) is 11.4. The molecule has 3 aromatic heterocycles. The molecule has 0 spiro atoms. The average molecular weight is 802 g/mol. The lowest BCUT2D eigenvalue weighted by molar-refractivity contribution is 1.17. The molecule has 0 aliphatic carbocycles. The Morgan fingerprint density at radius 3 is 0.984 bits per heavy atom. The van der Waals surface area contributed by atoms with Crippen LogP contribution in [0.4, 0.5) is 0 Å². The summed E-state index contributed by atoms with van der Waals surface area (Å²) in [6, 6.07) is 53.0. The van der Waals surface area contributed by atoms with Gasteiger partial charge < -0.3 is 13.7 Å². The molecule has 0 aliphatic heterocycles. The highest BCUT2D eigenvalue weighted by Crippen LogP contribution is 2.50. The Balaban J connectivity index is 1.42. The molecule has 0 saturated carbocycles. The fourth-order valence-corrected chi connectivity index (χ4v) is 8.85. The standard InChI is InChI=1S/C54H27N9/c1-57-37(32-55)29-34-17-23-39(24-18-34)61-45-14-8-5-11-42(45)49-52-50(43-12-6-9-15-46(43)62(52)40-25-19-35(20-26-40)30-38(33-56)58-2)54-51(53(49)61)44-13-7-10-16-47(44)63(54)41-27-21-36(22-28-41)31-48(59-3)60-4/h5-31H. The lowest BCUT2D eigenvalue weighted by Crippen LogP contribution is -1.98. The van der Waals surface area contributed by atoms with Gasteiger partial charge in [0.05, 0.1) is 58.4 Å². The van der Waals surface area contributed by atoms with Crippen molar-refractivity contribution in [2.24, 2.45) is 0 Å². The van der Waals surface area contributed by atoms with Crippen molar-refractivity contribution in [2.75, 3.05) is 0 Å². The van der Waals surface area contributed by atoms with Crippen LogP contribution in [0.15, 0.2) is 163 Å². The highest BCUT2D eigenvalue weighted by atomic mass is 15.0. The molecule has 0 saturated heterocycles. The number of allylic oxidation sites excluding steroid dienone is 2. The predicted molar refractivity (Wildman–Crippen MR) is 251 cm³/mol. The van der Waals surface area contributed by atoms with Gasteiger partial charge in [-0.1, -0.05) is 91.0 Å². The largest absolute Gasteiger partial charge is 0.519 e. The van der Waals surface area contributed by atoms with Gasteiger partial charge in [-0.15, -0.1) is 0 Å². The topological polar surface area (TPSA) is 79.8 Å². The summed E-state index contributed by atoms with van der Waals surface area (Å²) in [5.41, 5.74) is 10.9. The van der Waals surface area contributed by atoms with Crippen molar-refractivity contribution in [1.29, 1.82) is 10.5 Å². The molecule has 0 bridgehead atoms. The van der Waals surface area contributed by atoms with Crippen molar-refractivity contribution in [3.05, 3.63) is 225 Å². The second kappa shape index (κ2) is 15.0. The van der Waals surface area contributed by atoms with Crippen LogP contribution < -0.4 is 0 Å². The number of nitriles is 2. The molecule has 288 valence electrons. The molecule has 0 N–H and O–H groups in total. The molecule has 10 rings (SSSR count). The summed E-state index contributed by atoms with van der Waals surface area (Å²) in [5, 5.41) is 25.3. The van der Waals surface area contributed by atoms with E-state index in [1.165, 1.54) is 0 Å². The number of benzene rings is 7. The number of nitrogens with zero attached hydrogens (tertiary/aromatic N) is 9. The number of rotatable bonds is 6. The summed E-state index contributed by atoms with van der Waals surface area (Å²) in [6.07, 6.45) is 4.77. The Hall–Kier alpha value is -9.90. The van der Waals surface area contributed by atoms with Gasteiger partial charge in [0, 0.05) is 55.5 Å². The summed E-state index contributed by atoms with van der Waals surface area (Å²) in [4.78, 5) is 13.5. The summed E-state index contributed by atoms with van der Waals surface area (Å²) < 4.78 is 6.93. The molecule has 0 amide bonds. The first-order valence-electron chi connectivity index (χ1n) is 19.7. The van der Waals surface area contributed by atoms with E-state index in [1.807, 2.05) is 103 Å². The van der Waals surface area contributed by atoms with E-state index in [9.17, 15) is 10.5 Å². The van der Waals surface area contributed by atoms with Crippen molar-refractivity contribution in [2.45, 2.75) is 0 Å². The van der Waals surface area contributed by atoms with Gasteiger partial charge in [0.2, 0.25) is 0 Å². The highest BCUT2D eigenvalue weighted by Gasteiger charge is 2.28. The maximum atomic E-state index is 9.49. The van der Waals surface area contributed by atoms with Gasteiger partial charge in [-0.05, 0) is 83.4 Å². The Kier molecular flexibility index (Phi) is 8.92. The van der Waals surface area contributed by atoms with E-state index < -0.39 is 0 Å². The molecule has 3 heterocycles. The Morgan fingerprint density at radius 2 is 0.698 bits per heavy atom. The number of hydrogen-bond acceptors (Lipinski definition) is 2. The zero-order valence-electron chi connectivity index (χ0n) is 33.1. The fraction of sp³-hybridized carbons (Fsp3) is 0. The summed E-state index contributed by atoms with van der Waals surface area (Å²) in [7, 11) is 0. The molecule has 0 radical (unpaired) electrons. The molecular weight excluding hydrogens is 775 g/mol.